The van der Waals surface area contributed by atoms with E-state index in [2.05, 4.69) is 159 Å². The highest BCUT2D eigenvalue weighted by Gasteiger charge is 2.19. The highest BCUT2D eigenvalue weighted by Crippen LogP contribution is 2.45. The van der Waals surface area contributed by atoms with Crippen molar-refractivity contribution >= 4 is 57.8 Å². The Bertz CT molecular complexity index is 2320. The van der Waals surface area contributed by atoms with Crippen molar-refractivity contribution in [3.63, 3.8) is 0 Å². The number of benzene rings is 8. The summed E-state index contributed by atoms with van der Waals surface area (Å²) in [5.41, 5.74) is 9.05. The molecule has 0 saturated heterocycles. The standard InChI is InChI=1S/C42H32Si/c1-27-17-23-37-39(25-27)42(36-16-8-12-29-10-4-6-14-35(29)36)38-24-22-32(43-2)26-40(38)41(37)31-20-18-30(19-21-31)34-15-7-11-28-9-3-5-13-33(28)34/h3-26H,43H2,1-2H3. The largest absolute Gasteiger partial charge is 0.0708 e. The van der Waals surface area contributed by atoms with Crippen LogP contribution < -0.4 is 5.19 Å². The van der Waals surface area contributed by atoms with Gasteiger partial charge in [-0.25, -0.2) is 0 Å². The molecular weight excluding hydrogens is 533 g/mol. The number of fused-ring (bicyclic) bond motifs is 4. The van der Waals surface area contributed by atoms with E-state index in [1.54, 1.807) is 0 Å². The molecule has 0 aliphatic carbocycles. The first-order valence-electron chi connectivity index (χ1n) is 15.3. The fourth-order valence-corrected chi connectivity index (χ4v) is 7.71. The molecule has 0 unspecified atom stereocenters. The van der Waals surface area contributed by atoms with E-state index in [4.69, 9.17) is 0 Å². The second-order valence-electron chi connectivity index (χ2n) is 11.7. The van der Waals surface area contributed by atoms with Crippen molar-refractivity contribution < 1.29 is 0 Å². The topological polar surface area (TPSA) is 0 Å². The minimum Gasteiger partial charge on any atom is -0.0708 e. The average molecular weight is 565 g/mol. The predicted octanol–water partition coefficient (Wildman–Crippen LogP) is 10.5. The first-order chi connectivity index (χ1) is 21.2. The molecule has 0 nitrogen and oxygen atoms in total. The summed E-state index contributed by atoms with van der Waals surface area (Å²) in [6, 6.07) is 54.3. The molecule has 0 bridgehead atoms. The van der Waals surface area contributed by atoms with Crippen molar-refractivity contribution in [2.45, 2.75) is 13.5 Å². The Balaban J connectivity index is 1.43. The van der Waals surface area contributed by atoms with Crippen LogP contribution in [0.3, 0.4) is 0 Å². The van der Waals surface area contributed by atoms with Gasteiger partial charge in [0.05, 0.1) is 9.52 Å². The van der Waals surface area contributed by atoms with Crippen molar-refractivity contribution in [2.24, 2.45) is 0 Å². The van der Waals surface area contributed by atoms with Gasteiger partial charge in [-0.15, -0.1) is 0 Å². The molecule has 8 aromatic carbocycles. The Morgan fingerprint density at radius 2 is 0.953 bits per heavy atom. The zero-order valence-corrected chi connectivity index (χ0v) is 26.0. The van der Waals surface area contributed by atoms with E-state index < -0.39 is 0 Å². The first-order valence-corrected chi connectivity index (χ1v) is 17.4. The van der Waals surface area contributed by atoms with Gasteiger partial charge >= 0.3 is 0 Å². The molecule has 204 valence electrons. The summed E-state index contributed by atoms with van der Waals surface area (Å²) in [5, 5.41) is 12.0. The van der Waals surface area contributed by atoms with Crippen LogP contribution in [-0.2, 0) is 0 Å². The Hall–Kier alpha value is -4.98. The highest BCUT2D eigenvalue weighted by molar-refractivity contribution is 6.52. The van der Waals surface area contributed by atoms with E-state index in [1.165, 1.54) is 87.2 Å². The SMILES string of the molecule is C[SiH2]c1ccc2c(-c3cccc4ccccc34)c3cc(C)ccc3c(-c3ccc(-c4cccc5ccccc45)cc3)c2c1. The minimum absolute atomic E-state index is 0.321. The summed E-state index contributed by atoms with van der Waals surface area (Å²) in [6.45, 7) is 4.59. The Morgan fingerprint density at radius 3 is 1.67 bits per heavy atom. The summed E-state index contributed by atoms with van der Waals surface area (Å²) >= 11 is 0. The summed E-state index contributed by atoms with van der Waals surface area (Å²) in [6.07, 6.45) is 0. The Morgan fingerprint density at radius 1 is 0.395 bits per heavy atom. The zero-order chi connectivity index (χ0) is 28.9. The van der Waals surface area contributed by atoms with Gasteiger partial charge in [0, 0.05) is 0 Å². The van der Waals surface area contributed by atoms with Crippen molar-refractivity contribution in [3.8, 4) is 33.4 Å². The van der Waals surface area contributed by atoms with Crippen molar-refractivity contribution in [1.29, 1.82) is 0 Å². The van der Waals surface area contributed by atoms with Crippen LogP contribution in [0.2, 0.25) is 6.55 Å². The molecule has 0 aliphatic rings. The van der Waals surface area contributed by atoms with E-state index in [0.29, 0.717) is 0 Å². The molecule has 8 aromatic rings. The third kappa shape index (κ3) is 4.28. The van der Waals surface area contributed by atoms with Crippen LogP contribution in [0.25, 0.3) is 76.5 Å². The Labute approximate surface area is 255 Å². The van der Waals surface area contributed by atoms with Gasteiger partial charge in [-0.05, 0) is 83.4 Å². The number of aryl methyl sites for hydroxylation is 1. The lowest BCUT2D eigenvalue weighted by Gasteiger charge is -2.20. The lowest BCUT2D eigenvalue weighted by atomic mass is 9.84. The first kappa shape index (κ1) is 25.7. The molecule has 0 saturated carbocycles. The summed E-state index contributed by atoms with van der Waals surface area (Å²) < 4.78 is 0. The van der Waals surface area contributed by atoms with Gasteiger partial charge in [0.25, 0.3) is 0 Å². The van der Waals surface area contributed by atoms with E-state index in [0.717, 1.165) is 0 Å². The molecule has 0 aliphatic heterocycles. The lowest BCUT2D eigenvalue weighted by molar-refractivity contribution is 1.51. The van der Waals surface area contributed by atoms with Crippen LogP contribution in [-0.4, -0.2) is 9.52 Å². The fraction of sp³-hybridized carbons (Fsp3) is 0.0476. The van der Waals surface area contributed by atoms with Gasteiger partial charge < -0.3 is 0 Å². The van der Waals surface area contributed by atoms with Crippen LogP contribution >= 0.6 is 0 Å². The van der Waals surface area contributed by atoms with Crippen LogP contribution in [0.1, 0.15) is 5.56 Å². The number of rotatable bonds is 4. The molecule has 0 amide bonds. The van der Waals surface area contributed by atoms with Crippen LogP contribution in [0, 0.1) is 6.92 Å². The van der Waals surface area contributed by atoms with Crippen LogP contribution in [0.4, 0.5) is 0 Å². The van der Waals surface area contributed by atoms with Crippen molar-refractivity contribution in [2.75, 3.05) is 0 Å². The molecule has 0 fully saturated rings. The van der Waals surface area contributed by atoms with Gasteiger partial charge in [-0.2, -0.15) is 0 Å². The molecular formula is C42H32Si. The zero-order valence-electron chi connectivity index (χ0n) is 24.6. The van der Waals surface area contributed by atoms with E-state index >= 15 is 0 Å². The highest BCUT2D eigenvalue weighted by atomic mass is 28.2. The van der Waals surface area contributed by atoms with Gasteiger partial charge in [0.1, 0.15) is 0 Å². The smallest absolute Gasteiger partial charge is 0.0517 e. The number of hydrogen-bond acceptors (Lipinski definition) is 0. The molecule has 0 heterocycles. The number of hydrogen-bond donors (Lipinski definition) is 0. The summed E-state index contributed by atoms with van der Waals surface area (Å²) in [4.78, 5) is 0. The second kappa shape index (κ2) is 10.4. The Kier molecular flexibility index (Phi) is 6.20. The van der Waals surface area contributed by atoms with E-state index in [-0.39, 0.29) is 9.52 Å². The fourth-order valence-electron chi connectivity index (χ4n) is 6.95. The molecule has 0 radical (unpaired) electrons. The molecule has 0 spiro atoms. The summed E-state index contributed by atoms with van der Waals surface area (Å²) in [5.74, 6) is 0. The maximum Gasteiger partial charge on any atom is 0.0517 e. The molecule has 1 heteroatoms. The van der Waals surface area contributed by atoms with Gasteiger partial charge in [0.2, 0.25) is 0 Å². The van der Waals surface area contributed by atoms with E-state index in [9.17, 15) is 0 Å². The maximum absolute atomic E-state index is 2.49. The normalized spacial score (nSPS) is 11.9. The third-order valence-corrected chi connectivity index (χ3v) is 10.3. The van der Waals surface area contributed by atoms with Crippen molar-refractivity contribution in [3.05, 3.63) is 151 Å². The third-order valence-electron chi connectivity index (χ3n) is 9.08. The van der Waals surface area contributed by atoms with E-state index in [1.807, 2.05) is 0 Å². The predicted molar refractivity (Wildman–Crippen MR) is 192 cm³/mol. The molecule has 8 rings (SSSR count). The second-order valence-corrected chi connectivity index (χ2v) is 13.2. The molecule has 0 atom stereocenters. The quantitative estimate of drug-likeness (QED) is 0.147. The average Bonchev–Trinajstić information content (AvgIpc) is 3.06. The molecule has 43 heavy (non-hydrogen) atoms. The van der Waals surface area contributed by atoms with Gasteiger partial charge in [0.15, 0.2) is 0 Å². The van der Waals surface area contributed by atoms with Gasteiger partial charge in [-0.1, -0.05) is 163 Å². The maximum atomic E-state index is 2.49. The monoisotopic (exact) mass is 564 g/mol. The lowest BCUT2D eigenvalue weighted by Crippen LogP contribution is -2.09. The van der Waals surface area contributed by atoms with Gasteiger partial charge in [-0.3, -0.25) is 0 Å². The van der Waals surface area contributed by atoms with Crippen molar-refractivity contribution in [1.82, 2.24) is 0 Å². The molecule has 0 aromatic heterocycles. The van der Waals surface area contributed by atoms with Crippen LogP contribution in [0.15, 0.2) is 146 Å². The molecule has 0 N–H and O–H groups in total. The summed E-state index contributed by atoms with van der Waals surface area (Å²) in [7, 11) is -0.321. The minimum atomic E-state index is -0.321. The van der Waals surface area contributed by atoms with Crippen LogP contribution in [0.5, 0.6) is 0 Å².